The van der Waals surface area contributed by atoms with E-state index in [9.17, 15) is 4.79 Å². The molecular formula is C20H23BrN4OS. The Hall–Kier alpha value is -1.96. The van der Waals surface area contributed by atoms with Gasteiger partial charge in [-0.05, 0) is 62.1 Å². The smallest absolute Gasteiger partial charge is 0.243 e. The van der Waals surface area contributed by atoms with Crippen LogP contribution < -0.4 is 5.32 Å². The van der Waals surface area contributed by atoms with Crippen LogP contribution in [0.4, 0.5) is 0 Å². The van der Waals surface area contributed by atoms with Gasteiger partial charge in [0.2, 0.25) is 5.91 Å². The topological polar surface area (TPSA) is 50.2 Å². The molecule has 0 spiro atoms. The van der Waals surface area contributed by atoms with Gasteiger partial charge in [0.15, 0.2) is 0 Å². The lowest BCUT2D eigenvalue weighted by Crippen LogP contribution is -2.36. The van der Waals surface area contributed by atoms with Crippen molar-refractivity contribution in [3.8, 4) is 5.69 Å². The van der Waals surface area contributed by atoms with E-state index < -0.39 is 0 Å². The maximum absolute atomic E-state index is 12.9. The molecule has 0 radical (unpaired) electrons. The van der Waals surface area contributed by atoms with Crippen LogP contribution >= 0.6 is 27.3 Å². The van der Waals surface area contributed by atoms with Crippen LogP contribution in [-0.4, -0.2) is 34.7 Å². The highest BCUT2D eigenvalue weighted by Crippen LogP contribution is 2.28. The Bertz CT molecular complexity index is 933. The number of para-hydroxylation sites is 1. The van der Waals surface area contributed by atoms with E-state index in [-0.39, 0.29) is 11.9 Å². The van der Waals surface area contributed by atoms with E-state index in [1.54, 1.807) is 11.3 Å². The fourth-order valence-electron chi connectivity index (χ4n) is 3.11. The highest BCUT2D eigenvalue weighted by molar-refractivity contribution is 9.10. The molecule has 2 heterocycles. The van der Waals surface area contributed by atoms with Crippen molar-refractivity contribution in [2.75, 3.05) is 14.1 Å². The van der Waals surface area contributed by atoms with E-state index in [1.807, 2.05) is 79.3 Å². The van der Waals surface area contributed by atoms with Gasteiger partial charge in [-0.15, -0.1) is 11.3 Å². The summed E-state index contributed by atoms with van der Waals surface area (Å²) in [4.78, 5) is 15.8. The van der Waals surface area contributed by atoms with Crippen molar-refractivity contribution < 1.29 is 4.79 Å². The Balaban J connectivity index is 1.78. The van der Waals surface area contributed by atoms with E-state index in [0.717, 1.165) is 32.0 Å². The number of hydrogen-bond acceptors (Lipinski definition) is 4. The van der Waals surface area contributed by atoms with Crippen LogP contribution in [-0.2, 0) is 11.3 Å². The Kier molecular flexibility index (Phi) is 6.14. The molecule has 1 atom stereocenters. The van der Waals surface area contributed by atoms with Crippen LogP contribution in [0, 0.1) is 13.8 Å². The predicted molar refractivity (Wildman–Crippen MR) is 113 cm³/mol. The van der Waals surface area contributed by atoms with Gasteiger partial charge in [0.1, 0.15) is 6.04 Å². The summed E-state index contributed by atoms with van der Waals surface area (Å²) in [6.07, 6.45) is 0. The zero-order valence-electron chi connectivity index (χ0n) is 15.9. The van der Waals surface area contributed by atoms with E-state index in [1.165, 1.54) is 0 Å². The molecular weight excluding hydrogens is 424 g/mol. The van der Waals surface area contributed by atoms with E-state index >= 15 is 0 Å². The first-order valence-corrected chi connectivity index (χ1v) is 10.3. The molecule has 1 N–H and O–H groups in total. The summed E-state index contributed by atoms with van der Waals surface area (Å²) in [6.45, 7) is 4.47. The largest absolute Gasteiger partial charge is 0.350 e. The number of nitrogens with one attached hydrogen (secondary N) is 1. The number of aromatic nitrogens is 2. The Labute approximate surface area is 172 Å². The molecule has 2 aromatic heterocycles. The highest BCUT2D eigenvalue weighted by Gasteiger charge is 2.25. The van der Waals surface area contributed by atoms with Crippen LogP contribution in [0.15, 0.2) is 46.3 Å². The maximum atomic E-state index is 12.9. The van der Waals surface area contributed by atoms with Gasteiger partial charge in [-0.2, -0.15) is 5.10 Å². The van der Waals surface area contributed by atoms with Crippen molar-refractivity contribution in [2.45, 2.75) is 26.4 Å². The average molecular weight is 447 g/mol. The third-order valence-corrected chi connectivity index (χ3v) is 6.25. The summed E-state index contributed by atoms with van der Waals surface area (Å²) in [5.41, 5.74) is 4.04. The Morgan fingerprint density at radius 1 is 1.30 bits per heavy atom. The normalized spacial score (nSPS) is 12.4. The summed E-state index contributed by atoms with van der Waals surface area (Å²) in [5.74, 6) is -0.0133. The van der Waals surface area contributed by atoms with E-state index in [0.29, 0.717) is 6.54 Å². The molecule has 0 aliphatic carbocycles. The molecule has 5 nitrogen and oxygen atoms in total. The minimum absolute atomic E-state index is 0.0133. The van der Waals surface area contributed by atoms with Gasteiger partial charge in [-0.1, -0.05) is 18.2 Å². The van der Waals surface area contributed by atoms with E-state index in [4.69, 9.17) is 0 Å². The third kappa shape index (κ3) is 4.31. The molecule has 7 heteroatoms. The lowest BCUT2D eigenvalue weighted by molar-refractivity contribution is -0.125. The summed E-state index contributed by atoms with van der Waals surface area (Å²) in [7, 11) is 3.84. The van der Waals surface area contributed by atoms with Crippen molar-refractivity contribution >= 4 is 33.2 Å². The number of carbonyl (C=O) groups is 1. The van der Waals surface area contributed by atoms with Crippen molar-refractivity contribution in [3.63, 3.8) is 0 Å². The Morgan fingerprint density at radius 3 is 2.59 bits per heavy atom. The lowest BCUT2D eigenvalue weighted by Gasteiger charge is -2.22. The fourth-order valence-corrected chi connectivity index (χ4v) is 4.75. The Morgan fingerprint density at radius 2 is 2.00 bits per heavy atom. The van der Waals surface area contributed by atoms with Crippen molar-refractivity contribution in [1.29, 1.82) is 0 Å². The first-order chi connectivity index (χ1) is 12.9. The molecule has 0 saturated carbocycles. The molecule has 0 aliphatic heterocycles. The van der Waals surface area contributed by atoms with Crippen molar-refractivity contribution in [1.82, 2.24) is 20.0 Å². The number of carbonyl (C=O) groups excluding carboxylic acids is 1. The highest BCUT2D eigenvalue weighted by atomic mass is 79.9. The molecule has 1 aromatic carbocycles. The number of aryl methyl sites for hydroxylation is 1. The number of rotatable bonds is 6. The molecule has 1 amide bonds. The van der Waals surface area contributed by atoms with Crippen molar-refractivity contribution in [2.24, 2.45) is 0 Å². The standard InChI is InChI=1S/C20H23BrN4OS/c1-13-17(14(2)25(23-13)16-8-6-5-7-9-16)11-22-20(26)19(24(3)4)18-10-15(21)12-27-18/h5-10,12,19H,11H2,1-4H3,(H,22,26)/t19-/m0/s1. The van der Waals surface area contributed by atoms with Gasteiger partial charge in [-0.25, -0.2) is 4.68 Å². The maximum Gasteiger partial charge on any atom is 0.243 e. The lowest BCUT2D eigenvalue weighted by atomic mass is 10.1. The number of amides is 1. The number of nitrogens with zero attached hydrogens (tertiary/aromatic N) is 3. The number of hydrogen-bond donors (Lipinski definition) is 1. The van der Waals surface area contributed by atoms with Gasteiger partial charge < -0.3 is 5.32 Å². The molecule has 0 saturated heterocycles. The molecule has 0 aliphatic rings. The van der Waals surface area contributed by atoms with Crippen LogP contribution in [0.3, 0.4) is 0 Å². The number of halogens is 1. The number of benzene rings is 1. The molecule has 142 valence electrons. The third-order valence-electron chi connectivity index (χ3n) is 4.50. The van der Waals surface area contributed by atoms with Gasteiger partial charge >= 0.3 is 0 Å². The van der Waals surface area contributed by atoms with Crippen LogP contribution in [0.25, 0.3) is 5.69 Å². The number of thiophene rings is 1. The van der Waals surface area contributed by atoms with Gasteiger partial charge in [-0.3, -0.25) is 9.69 Å². The minimum atomic E-state index is -0.314. The number of likely N-dealkylation sites (N-methyl/N-ethyl adjacent to an activating group) is 1. The van der Waals surface area contributed by atoms with E-state index in [2.05, 4.69) is 26.3 Å². The van der Waals surface area contributed by atoms with Crippen LogP contribution in [0.5, 0.6) is 0 Å². The summed E-state index contributed by atoms with van der Waals surface area (Å²) in [6, 6.07) is 11.7. The van der Waals surface area contributed by atoms with Crippen LogP contribution in [0.1, 0.15) is 27.9 Å². The molecule has 27 heavy (non-hydrogen) atoms. The summed E-state index contributed by atoms with van der Waals surface area (Å²) in [5, 5.41) is 9.74. The van der Waals surface area contributed by atoms with Gasteiger partial charge in [0, 0.05) is 32.5 Å². The average Bonchev–Trinajstić information content (AvgIpc) is 3.17. The predicted octanol–water partition coefficient (Wildman–Crippen LogP) is 4.23. The fraction of sp³-hybridized carbons (Fsp3) is 0.300. The first kappa shape index (κ1) is 19.8. The second kappa shape index (κ2) is 8.37. The second-order valence-electron chi connectivity index (χ2n) is 6.65. The second-order valence-corrected chi connectivity index (χ2v) is 8.51. The quantitative estimate of drug-likeness (QED) is 0.615. The monoisotopic (exact) mass is 446 g/mol. The zero-order valence-corrected chi connectivity index (χ0v) is 18.3. The minimum Gasteiger partial charge on any atom is -0.350 e. The van der Waals surface area contributed by atoms with Gasteiger partial charge in [0.05, 0.1) is 11.4 Å². The molecule has 0 bridgehead atoms. The SMILES string of the molecule is Cc1nn(-c2ccccc2)c(C)c1CNC(=O)[C@H](c1cc(Br)cs1)N(C)C. The van der Waals surface area contributed by atoms with Crippen molar-refractivity contribution in [3.05, 3.63) is 68.1 Å². The first-order valence-electron chi connectivity index (χ1n) is 8.67. The molecule has 3 aromatic rings. The van der Waals surface area contributed by atoms with Gasteiger partial charge in [0.25, 0.3) is 0 Å². The summed E-state index contributed by atoms with van der Waals surface area (Å²) >= 11 is 5.05. The van der Waals surface area contributed by atoms with Crippen LogP contribution in [0.2, 0.25) is 0 Å². The molecule has 0 unspecified atom stereocenters. The zero-order chi connectivity index (χ0) is 19.6. The molecule has 0 fully saturated rings. The molecule has 3 rings (SSSR count). The summed E-state index contributed by atoms with van der Waals surface area (Å²) < 4.78 is 2.93.